The van der Waals surface area contributed by atoms with Crippen molar-refractivity contribution in [3.05, 3.63) is 0 Å². The number of carboxylic acid groups (broad SMARTS) is 2. The van der Waals surface area contributed by atoms with Crippen molar-refractivity contribution in [3.63, 3.8) is 0 Å². The Morgan fingerprint density at radius 3 is 2.08 bits per heavy atom. The fourth-order valence-electron chi connectivity index (χ4n) is 0.730. The van der Waals surface area contributed by atoms with Crippen LogP contribution >= 0.6 is 31.9 Å². The molecule has 6 heteroatoms. The fraction of sp³-hybridized carbons (Fsp3) is 0.714. The Morgan fingerprint density at radius 2 is 1.69 bits per heavy atom. The van der Waals surface area contributed by atoms with E-state index in [2.05, 4.69) is 31.9 Å². The molecule has 76 valence electrons. The van der Waals surface area contributed by atoms with E-state index in [9.17, 15) is 9.59 Å². The van der Waals surface area contributed by atoms with Gasteiger partial charge in [0.2, 0.25) is 0 Å². The van der Waals surface area contributed by atoms with Crippen molar-refractivity contribution in [1.29, 1.82) is 0 Å². The van der Waals surface area contributed by atoms with E-state index >= 15 is 0 Å². The second-order valence-electron chi connectivity index (χ2n) is 2.61. The van der Waals surface area contributed by atoms with E-state index in [0.717, 1.165) is 0 Å². The van der Waals surface area contributed by atoms with Gasteiger partial charge in [-0.2, -0.15) is 0 Å². The Kier molecular flexibility index (Phi) is 5.55. The highest BCUT2D eigenvalue weighted by Gasteiger charge is 2.31. The molecule has 0 atom stereocenters. The molecule has 0 saturated carbocycles. The summed E-state index contributed by atoms with van der Waals surface area (Å²) in [4.78, 5) is 20.7. The van der Waals surface area contributed by atoms with E-state index in [4.69, 9.17) is 10.2 Å². The zero-order valence-electron chi connectivity index (χ0n) is 6.80. The maximum absolute atomic E-state index is 10.5. The molecular weight excluding hydrogens is 308 g/mol. The number of alkyl halides is 2. The molecule has 0 aromatic carbocycles. The van der Waals surface area contributed by atoms with Gasteiger partial charge in [-0.05, 0) is 12.8 Å². The van der Waals surface area contributed by atoms with E-state index in [0.29, 0.717) is 19.3 Å². The first-order valence-electron chi connectivity index (χ1n) is 3.69. The quantitative estimate of drug-likeness (QED) is 0.582. The lowest BCUT2D eigenvalue weighted by Gasteiger charge is -2.13. The van der Waals surface area contributed by atoms with Crippen LogP contribution in [-0.4, -0.2) is 25.4 Å². The molecule has 2 N–H and O–H groups in total. The molecule has 0 rings (SSSR count). The Morgan fingerprint density at radius 1 is 1.15 bits per heavy atom. The van der Waals surface area contributed by atoms with Gasteiger partial charge in [-0.25, -0.2) is 4.79 Å². The summed E-state index contributed by atoms with van der Waals surface area (Å²) < 4.78 is -1.11. The molecule has 0 bridgehead atoms. The molecule has 4 nitrogen and oxygen atoms in total. The monoisotopic (exact) mass is 316 g/mol. The van der Waals surface area contributed by atoms with Crippen LogP contribution in [0.5, 0.6) is 0 Å². The largest absolute Gasteiger partial charge is 0.481 e. The molecule has 0 saturated heterocycles. The summed E-state index contributed by atoms with van der Waals surface area (Å²) >= 11 is 5.97. The Bertz CT molecular complexity index is 203. The molecule has 0 amide bonds. The van der Waals surface area contributed by atoms with Gasteiger partial charge < -0.3 is 10.2 Å². The molecule has 0 radical (unpaired) electrons. The number of carbonyl (C=O) groups is 2. The smallest absolute Gasteiger partial charge is 0.331 e. The number of aliphatic carboxylic acids is 2. The lowest BCUT2D eigenvalue weighted by Crippen LogP contribution is -2.23. The minimum Gasteiger partial charge on any atom is -0.481 e. The minimum atomic E-state index is -1.11. The highest BCUT2D eigenvalue weighted by molar-refractivity contribution is 9.25. The summed E-state index contributed by atoms with van der Waals surface area (Å²) in [6.07, 6.45) is 1.47. The van der Waals surface area contributed by atoms with Crippen LogP contribution in [-0.2, 0) is 9.59 Å². The van der Waals surface area contributed by atoms with Crippen LogP contribution in [0.15, 0.2) is 0 Å². The Hall–Kier alpha value is -0.100. The van der Waals surface area contributed by atoms with Crippen molar-refractivity contribution >= 4 is 43.8 Å². The van der Waals surface area contributed by atoms with E-state index in [1.54, 1.807) is 0 Å². The Balaban J connectivity index is 3.64. The second-order valence-corrected chi connectivity index (χ2v) is 6.38. The summed E-state index contributed by atoms with van der Waals surface area (Å²) in [6.45, 7) is 0. The fourth-order valence-corrected chi connectivity index (χ4v) is 1.29. The molecule has 0 fully saturated rings. The average Bonchev–Trinajstić information content (AvgIpc) is 1.97. The first-order chi connectivity index (χ1) is 5.86. The minimum absolute atomic E-state index is 0.0791. The van der Waals surface area contributed by atoms with E-state index in [1.165, 1.54) is 0 Å². The van der Waals surface area contributed by atoms with Gasteiger partial charge in [0, 0.05) is 6.42 Å². The van der Waals surface area contributed by atoms with Gasteiger partial charge in [0.05, 0.1) is 0 Å². The van der Waals surface area contributed by atoms with Crippen molar-refractivity contribution in [3.8, 4) is 0 Å². The van der Waals surface area contributed by atoms with Crippen molar-refractivity contribution in [2.45, 2.75) is 28.9 Å². The number of hydrogen-bond donors (Lipinski definition) is 2. The first-order valence-corrected chi connectivity index (χ1v) is 5.28. The van der Waals surface area contributed by atoms with Gasteiger partial charge in [0.25, 0.3) is 0 Å². The third-order valence-electron chi connectivity index (χ3n) is 1.44. The van der Waals surface area contributed by atoms with Gasteiger partial charge in [-0.1, -0.05) is 38.3 Å². The third kappa shape index (κ3) is 6.04. The van der Waals surface area contributed by atoms with Crippen LogP contribution in [0.1, 0.15) is 25.7 Å². The van der Waals surface area contributed by atoms with Gasteiger partial charge in [0.1, 0.15) is 0 Å². The summed E-state index contributed by atoms with van der Waals surface area (Å²) in [6, 6.07) is 0. The van der Waals surface area contributed by atoms with E-state index in [1.807, 2.05) is 0 Å². The van der Waals surface area contributed by atoms with E-state index < -0.39 is 15.2 Å². The molecule has 0 heterocycles. The van der Waals surface area contributed by atoms with Crippen LogP contribution in [0.3, 0.4) is 0 Å². The number of halogens is 2. The molecule has 0 spiro atoms. The summed E-state index contributed by atoms with van der Waals surface area (Å²) in [7, 11) is 0. The third-order valence-corrected chi connectivity index (χ3v) is 2.92. The van der Waals surface area contributed by atoms with Crippen LogP contribution in [0, 0.1) is 0 Å². The SMILES string of the molecule is O=C(O)CCCCC(Br)(Br)C(=O)O. The molecular formula is C7H10Br2O4. The highest BCUT2D eigenvalue weighted by atomic mass is 79.9. The van der Waals surface area contributed by atoms with Crippen LogP contribution < -0.4 is 0 Å². The molecule has 0 aliphatic carbocycles. The van der Waals surface area contributed by atoms with Crippen molar-refractivity contribution < 1.29 is 19.8 Å². The highest BCUT2D eigenvalue weighted by Crippen LogP contribution is 2.32. The lowest BCUT2D eigenvalue weighted by molar-refractivity contribution is -0.137. The maximum atomic E-state index is 10.5. The van der Waals surface area contributed by atoms with E-state index in [-0.39, 0.29) is 6.42 Å². The maximum Gasteiger partial charge on any atom is 0.331 e. The standard InChI is InChI=1S/C7H10Br2O4/c8-7(9,6(12)13)4-2-1-3-5(10)11/h1-4H2,(H,10,11)(H,12,13). The first kappa shape index (κ1) is 12.9. The van der Waals surface area contributed by atoms with Crippen LogP contribution in [0.2, 0.25) is 0 Å². The molecule has 0 aromatic heterocycles. The summed E-state index contributed by atoms with van der Waals surface area (Å²) in [5.41, 5.74) is 0. The zero-order valence-corrected chi connectivity index (χ0v) is 9.97. The number of rotatable bonds is 6. The topological polar surface area (TPSA) is 74.6 Å². The summed E-state index contributed by atoms with van der Waals surface area (Å²) in [5.74, 6) is -1.85. The number of hydrogen-bond acceptors (Lipinski definition) is 2. The molecule has 13 heavy (non-hydrogen) atoms. The Labute approximate surface area is 92.6 Å². The van der Waals surface area contributed by atoms with Gasteiger partial charge in [0.15, 0.2) is 3.23 Å². The molecule has 0 aliphatic heterocycles. The summed E-state index contributed by atoms with van der Waals surface area (Å²) in [5, 5.41) is 17.0. The predicted molar refractivity (Wildman–Crippen MR) is 54.3 cm³/mol. The normalized spacial score (nSPS) is 11.2. The molecule has 0 aromatic rings. The lowest BCUT2D eigenvalue weighted by atomic mass is 10.1. The predicted octanol–water partition coefficient (Wildman–Crippen LogP) is 2.20. The zero-order chi connectivity index (χ0) is 10.5. The average molecular weight is 318 g/mol. The molecule has 0 aliphatic rings. The van der Waals surface area contributed by atoms with Crippen LogP contribution in [0.4, 0.5) is 0 Å². The van der Waals surface area contributed by atoms with Gasteiger partial charge in [-0.15, -0.1) is 0 Å². The van der Waals surface area contributed by atoms with Crippen LogP contribution in [0.25, 0.3) is 0 Å². The molecule has 0 unspecified atom stereocenters. The number of carboxylic acids is 2. The van der Waals surface area contributed by atoms with Gasteiger partial charge >= 0.3 is 11.9 Å². The number of unbranched alkanes of at least 4 members (excludes halogenated alkanes) is 1. The van der Waals surface area contributed by atoms with Crippen molar-refractivity contribution in [2.75, 3.05) is 0 Å². The van der Waals surface area contributed by atoms with Crippen molar-refractivity contribution in [1.82, 2.24) is 0 Å². The second kappa shape index (κ2) is 5.59. The van der Waals surface area contributed by atoms with Crippen molar-refractivity contribution in [2.24, 2.45) is 0 Å². The van der Waals surface area contributed by atoms with Gasteiger partial charge in [-0.3, -0.25) is 4.79 Å².